The summed E-state index contributed by atoms with van der Waals surface area (Å²) in [5.41, 5.74) is 2.94. The van der Waals surface area contributed by atoms with E-state index >= 15 is 0 Å². The highest BCUT2D eigenvalue weighted by molar-refractivity contribution is 5.79. The molecule has 27 heavy (non-hydrogen) atoms. The molecule has 0 aliphatic carbocycles. The summed E-state index contributed by atoms with van der Waals surface area (Å²) in [4.78, 5) is 16.3. The van der Waals surface area contributed by atoms with Crippen LogP contribution in [-0.2, 0) is 0 Å². The lowest BCUT2D eigenvalue weighted by molar-refractivity contribution is 0.460. The van der Waals surface area contributed by atoms with E-state index in [0.29, 0.717) is 17.4 Å². The first kappa shape index (κ1) is 15.3. The zero-order valence-corrected chi connectivity index (χ0v) is 14.1. The number of benzene rings is 2. The minimum absolute atomic E-state index is 0.451. The van der Waals surface area contributed by atoms with Gasteiger partial charge in [0.15, 0.2) is 5.82 Å². The molecule has 0 aliphatic rings. The molecule has 2 aromatic carbocycles. The zero-order chi connectivity index (χ0) is 18.1. The Balaban J connectivity index is 1.38. The van der Waals surface area contributed by atoms with Gasteiger partial charge >= 0.3 is 0 Å². The Hall–Kier alpha value is -4.00. The Bertz CT molecular complexity index is 1160. The number of rotatable bonds is 4. The van der Waals surface area contributed by atoms with Gasteiger partial charge in [-0.05, 0) is 42.5 Å². The van der Waals surface area contributed by atoms with Crippen molar-refractivity contribution in [3.05, 3.63) is 79.4 Å². The van der Waals surface area contributed by atoms with Crippen LogP contribution >= 0.6 is 0 Å². The van der Waals surface area contributed by atoms with Gasteiger partial charge in [0.2, 0.25) is 5.88 Å². The lowest BCUT2D eigenvalue weighted by atomic mass is 10.2. The average Bonchev–Trinajstić information content (AvgIpc) is 3.39. The van der Waals surface area contributed by atoms with Crippen LogP contribution in [0.4, 0.5) is 0 Å². The van der Waals surface area contributed by atoms with Gasteiger partial charge in [-0.1, -0.05) is 12.1 Å². The fraction of sp³-hybridized carbons (Fsp3) is 0. The maximum absolute atomic E-state index is 5.84. The highest BCUT2D eigenvalue weighted by Crippen LogP contribution is 2.25. The van der Waals surface area contributed by atoms with Gasteiger partial charge < -0.3 is 9.72 Å². The second-order valence-electron chi connectivity index (χ2n) is 5.89. The zero-order valence-electron chi connectivity index (χ0n) is 14.1. The first-order valence-corrected chi connectivity index (χ1v) is 8.40. The molecule has 0 saturated carbocycles. The Labute approximate surface area is 154 Å². The highest BCUT2D eigenvalue weighted by atomic mass is 16.5. The summed E-state index contributed by atoms with van der Waals surface area (Å²) in [6.45, 7) is 0. The maximum Gasteiger partial charge on any atom is 0.224 e. The average molecular weight is 354 g/mol. The van der Waals surface area contributed by atoms with Gasteiger partial charge in [-0.3, -0.25) is 0 Å². The number of hydrogen-bond donors (Lipinski definition) is 1. The molecule has 0 spiro atoms. The molecule has 0 saturated heterocycles. The summed E-state index contributed by atoms with van der Waals surface area (Å²) in [5, 5.41) is 4.16. The SMILES string of the molecule is c1ccc2[nH]c(-c3ccc(Oc4cc(-n5cccn5)ncn4)cc3)nc2c1. The van der Waals surface area contributed by atoms with E-state index in [1.54, 1.807) is 16.9 Å². The topological polar surface area (TPSA) is 81.5 Å². The van der Waals surface area contributed by atoms with E-state index in [0.717, 1.165) is 22.4 Å². The second-order valence-corrected chi connectivity index (χ2v) is 5.89. The van der Waals surface area contributed by atoms with Gasteiger partial charge in [0, 0.05) is 24.0 Å². The number of ether oxygens (including phenoxy) is 1. The fourth-order valence-corrected chi connectivity index (χ4v) is 2.81. The number of hydrogen-bond acceptors (Lipinski definition) is 5. The third kappa shape index (κ3) is 3.02. The van der Waals surface area contributed by atoms with Crippen molar-refractivity contribution < 1.29 is 4.74 Å². The number of aromatic amines is 1. The Kier molecular flexibility index (Phi) is 3.61. The van der Waals surface area contributed by atoms with E-state index in [1.807, 2.05) is 60.8 Å². The summed E-state index contributed by atoms with van der Waals surface area (Å²) in [6, 6.07) is 19.2. The van der Waals surface area contributed by atoms with Gasteiger partial charge in [0.1, 0.15) is 17.9 Å². The van der Waals surface area contributed by atoms with Crippen molar-refractivity contribution in [1.82, 2.24) is 29.7 Å². The van der Waals surface area contributed by atoms with E-state index in [4.69, 9.17) is 4.74 Å². The van der Waals surface area contributed by atoms with E-state index in [1.165, 1.54) is 6.33 Å². The van der Waals surface area contributed by atoms with Gasteiger partial charge in [0.05, 0.1) is 11.0 Å². The summed E-state index contributed by atoms with van der Waals surface area (Å²) < 4.78 is 7.50. The molecule has 0 aliphatic heterocycles. The summed E-state index contributed by atoms with van der Waals surface area (Å²) in [5.74, 6) is 2.60. The fourth-order valence-electron chi connectivity index (χ4n) is 2.81. The largest absolute Gasteiger partial charge is 0.439 e. The third-order valence-electron chi connectivity index (χ3n) is 4.11. The van der Waals surface area contributed by atoms with Crippen molar-refractivity contribution in [2.45, 2.75) is 0 Å². The normalized spacial score (nSPS) is 11.0. The van der Waals surface area contributed by atoms with Crippen LogP contribution in [-0.4, -0.2) is 29.7 Å². The molecular weight excluding hydrogens is 340 g/mol. The van der Waals surface area contributed by atoms with Crippen LogP contribution in [0.15, 0.2) is 79.4 Å². The number of H-pyrrole nitrogens is 1. The predicted molar refractivity (Wildman–Crippen MR) is 101 cm³/mol. The minimum atomic E-state index is 0.451. The highest BCUT2D eigenvalue weighted by Gasteiger charge is 2.07. The van der Waals surface area contributed by atoms with Crippen LogP contribution in [0, 0.1) is 0 Å². The summed E-state index contributed by atoms with van der Waals surface area (Å²) in [6.07, 6.45) is 4.96. The molecule has 3 aromatic heterocycles. The van der Waals surface area contributed by atoms with Gasteiger partial charge in [-0.2, -0.15) is 5.10 Å². The third-order valence-corrected chi connectivity index (χ3v) is 4.11. The van der Waals surface area contributed by atoms with Crippen LogP contribution < -0.4 is 4.74 Å². The maximum atomic E-state index is 5.84. The van der Waals surface area contributed by atoms with Crippen molar-refractivity contribution in [2.24, 2.45) is 0 Å². The van der Waals surface area contributed by atoms with E-state index < -0.39 is 0 Å². The van der Waals surface area contributed by atoms with E-state index in [9.17, 15) is 0 Å². The predicted octanol–water partition coefficient (Wildman–Crippen LogP) is 4.00. The first-order valence-electron chi connectivity index (χ1n) is 8.40. The Morgan fingerprint density at radius 3 is 2.63 bits per heavy atom. The van der Waals surface area contributed by atoms with E-state index in [2.05, 4.69) is 25.0 Å². The molecule has 5 rings (SSSR count). The van der Waals surface area contributed by atoms with Crippen molar-refractivity contribution in [3.63, 3.8) is 0 Å². The smallest absolute Gasteiger partial charge is 0.224 e. The van der Waals surface area contributed by atoms with Gasteiger partial charge in [0.25, 0.3) is 0 Å². The van der Waals surface area contributed by atoms with Crippen molar-refractivity contribution in [1.29, 1.82) is 0 Å². The molecule has 3 heterocycles. The molecule has 0 fully saturated rings. The molecule has 0 unspecified atom stereocenters. The lowest BCUT2D eigenvalue weighted by Gasteiger charge is -2.06. The number of nitrogens with one attached hydrogen (secondary N) is 1. The number of imidazole rings is 1. The minimum Gasteiger partial charge on any atom is -0.439 e. The van der Waals surface area contributed by atoms with Gasteiger partial charge in [-0.15, -0.1) is 0 Å². The summed E-state index contributed by atoms with van der Waals surface area (Å²) >= 11 is 0. The van der Waals surface area contributed by atoms with Gasteiger partial charge in [-0.25, -0.2) is 19.6 Å². The molecule has 0 radical (unpaired) electrons. The summed E-state index contributed by atoms with van der Waals surface area (Å²) in [7, 11) is 0. The molecule has 7 nitrogen and oxygen atoms in total. The van der Waals surface area contributed by atoms with Crippen molar-refractivity contribution in [2.75, 3.05) is 0 Å². The van der Waals surface area contributed by atoms with E-state index in [-0.39, 0.29) is 0 Å². The second kappa shape index (κ2) is 6.38. The van der Waals surface area contributed by atoms with Crippen LogP contribution in [0.2, 0.25) is 0 Å². The molecule has 0 atom stereocenters. The quantitative estimate of drug-likeness (QED) is 0.527. The number of aromatic nitrogens is 6. The molecule has 1 N–H and O–H groups in total. The molecule has 7 heteroatoms. The monoisotopic (exact) mass is 354 g/mol. The molecular formula is C20H14N6O. The molecule has 5 aromatic rings. The first-order chi connectivity index (χ1) is 13.3. The molecule has 0 amide bonds. The van der Waals surface area contributed by atoms with Crippen LogP contribution in [0.1, 0.15) is 0 Å². The van der Waals surface area contributed by atoms with Crippen molar-refractivity contribution in [3.8, 4) is 28.8 Å². The lowest BCUT2D eigenvalue weighted by Crippen LogP contribution is -1.99. The Morgan fingerprint density at radius 2 is 1.81 bits per heavy atom. The number of nitrogens with zero attached hydrogens (tertiary/aromatic N) is 5. The van der Waals surface area contributed by atoms with Crippen LogP contribution in [0.25, 0.3) is 28.2 Å². The Morgan fingerprint density at radius 1 is 0.926 bits per heavy atom. The number of para-hydroxylation sites is 2. The number of fused-ring (bicyclic) bond motifs is 1. The molecule has 0 bridgehead atoms. The van der Waals surface area contributed by atoms with Crippen LogP contribution in [0.5, 0.6) is 11.6 Å². The van der Waals surface area contributed by atoms with Crippen molar-refractivity contribution >= 4 is 11.0 Å². The molecule has 130 valence electrons. The standard InChI is InChI=1S/C20H14N6O/c1-2-5-17-16(4-1)24-20(25-17)14-6-8-15(9-7-14)27-19-12-18(21-13-22-19)26-11-3-10-23-26/h1-13H,(H,24,25). The van der Waals surface area contributed by atoms with Crippen LogP contribution in [0.3, 0.4) is 0 Å².